The van der Waals surface area contributed by atoms with E-state index in [-0.39, 0.29) is 23.9 Å². The summed E-state index contributed by atoms with van der Waals surface area (Å²) >= 11 is 0. The van der Waals surface area contributed by atoms with Gasteiger partial charge in [0.15, 0.2) is 5.82 Å². The summed E-state index contributed by atoms with van der Waals surface area (Å²) in [5.74, 6) is 0.224. The van der Waals surface area contributed by atoms with Gasteiger partial charge in [-0.3, -0.25) is 14.6 Å². The molecular weight excluding hydrogens is 304 g/mol. The minimum absolute atomic E-state index is 0.150. The van der Waals surface area contributed by atoms with Gasteiger partial charge in [0.25, 0.3) is 5.56 Å². The molecular formula is C13H18N6O4. The Hall–Kier alpha value is -2.75. The summed E-state index contributed by atoms with van der Waals surface area (Å²) in [6, 6.07) is -0.385. The number of hydrogen-bond acceptors (Lipinski definition) is 6. The second-order valence-corrected chi connectivity index (χ2v) is 4.94. The monoisotopic (exact) mass is 322 g/mol. The van der Waals surface area contributed by atoms with Gasteiger partial charge in [-0.1, -0.05) is 0 Å². The number of aromatic amines is 2. The summed E-state index contributed by atoms with van der Waals surface area (Å²) in [5.41, 5.74) is -1.02. The summed E-state index contributed by atoms with van der Waals surface area (Å²) in [5, 5.41) is 10.5. The third-order valence-electron chi connectivity index (χ3n) is 3.19. The Morgan fingerprint density at radius 2 is 2.26 bits per heavy atom. The molecule has 1 atom stereocenters. The Labute approximate surface area is 130 Å². The van der Waals surface area contributed by atoms with Crippen LogP contribution >= 0.6 is 0 Å². The van der Waals surface area contributed by atoms with Gasteiger partial charge in [-0.2, -0.15) is 0 Å². The van der Waals surface area contributed by atoms with Crippen LogP contribution in [0.15, 0.2) is 22.1 Å². The fourth-order valence-corrected chi connectivity index (χ4v) is 2.06. The van der Waals surface area contributed by atoms with Crippen molar-refractivity contribution in [2.75, 3.05) is 13.7 Å². The molecule has 2 aromatic heterocycles. The first kappa shape index (κ1) is 16.6. The maximum Gasteiger partial charge on any atom is 0.325 e. The van der Waals surface area contributed by atoms with Gasteiger partial charge in [0.2, 0.25) is 5.91 Å². The Balaban J connectivity index is 2.01. The highest BCUT2D eigenvalue weighted by Gasteiger charge is 2.16. The molecule has 0 saturated carbocycles. The van der Waals surface area contributed by atoms with Crippen LogP contribution < -0.4 is 16.6 Å². The van der Waals surface area contributed by atoms with E-state index in [2.05, 4.69) is 25.5 Å². The number of amides is 1. The molecule has 2 rings (SSSR count). The highest BCUT2D eigenvalue weighted by atomic mass is 16.5. The molecule has 10 nitrogen and oxygen atoms in total. The molecule has 2 aromatic rings. The number of carbonyl (C=O) groups is 1. The minimum atomic E-state index is -0.612. The van der Waals surface area contributed by atoms with Crippen LogP contribution in [-0.4, -0.2) is 44.4 Å². The lowest BCUT2D eigenvalue weighted by Gasteiger charge is -2.14. The number of nitrogens with zero attached hydrogens (tertiary/aromatic N) is 3. The van der Waals surface area contributed by atoms with Crippen LogP contribution in [0, 0.1) is 0 Å². The lowest BCUT2D eigenvalue weighted by molar-refractivity contribution is -0.121. The molecule has 0 radical (unpaired) electrons. The highest BCUT2D eigenvalue weighted by Crippen LogP contribution is 2.09. The van der Waals surface area contributed by atoms with E-state index in [9.17, 15) is 14.4 Å². The van der Waals surface area contributed by atoms with Crippen LogP contribution in [-0.2, 0) is 22.5 Å². The van der Waals surface area contributed by atoms with Crippen molar-refractivity contribution in [3.8, 4) is 0 Å². The maximum atomic E-state index is 12.0. The number of rotatable bonds is 7. The molecule has 0 fully saturated rings. The Kier molecular flexibility index (Phi) is 5.41. The third kappa shape index (κ3) is 4.36. The zero-order chi connectivity index (χ0) is 16.8. The van der Waals surface area contributed by atoms with E-state index in [0.29, 0.717) is 19.0 Å². The number of nitrogens with one attached hydrogen (secondary N) is 3. The van der Waals surface area contributed by atoms with Crippen LogP contribution in [0.1, 0.15) is 24.4 Å². The van der Waals surface area contributed by atoms with E-state index in [4.69, 9.17) is 4.74 Å². The molecule has 1 amide bonds. The number of H-pyrrole nitrogens is 2. The van der Waals surface area contributed by atoms with Crippen LogP contribution in [0.3, 0.4) is 0 Å². The standard InChI is InChI=1S/C13H18N6O4/c1-8(11-18-15-7-19(11)3-4-23-2)16-10(20)5-9-6-14-13(22)17-12(9)21/h6-8H,3-5H2,1-2H3,(H,16,20)(H2,14,17,21,22)/t8-/m0/s1. The zero-order valence-electron chi connectivity index (χ0n) is 12.8. The molecule has 0 aromatic carbocycles. The van der Waals surface area contributed by atoms with Crippen LogP contribution in [0.25, 0.3) is 0 Å². The van der Waals surface area contributed by atoms with Gasteiger partial charge < -0.3 is 19.6 Å². The molecule has 0 aliphatic heterocycles. The minimum Gasteiger partial charge on any atom is -0.383 e. The van der Waals surface area contributed by atoms with E-state index in [1.807, 2.05) is 0 Å². The van der Waals surface area contributed by atoms with Crippen molar-refractivity contribution in [1.29, 1.82) is 0 Å². The summed E-state index contributed by atoms with van der Waals surface area (Å²) < 4.78 is 6.78. The Morgan fingerprint density at radius 3 is 2.96 bits per heavy atom. The van der Waals surface area contributed by atoms with Gasteiger partial charge in [0.05, 0.1) is 19.1 Å². The van der Waals surface area contributed by atoms with E-state index >= 15 is 0 Å². The summed E-state index contributed by atoms with van der Waals surface area (Å²) in [6.45, 7) is 2.83. The van der Waals surface area contributed by atoms with Crippen molar-refractivity contribution in [1.82, 2.24) is 30.0 Å². The van der Waals surface area contributed by atoms with Crippen molar-refractivity contribution in [2.24, 2.45) is 0 Å². The number of carbonyl (C=O) groups excluding carboxylic acids is 1. The van der Waals surface area contributed by atoms with E-state index in [0.717, 1.165) is 0 Å². The summed E-state index contributed by atoms with van der Waals surface area (Å²) in [7, 11) is 1.59. The first-order valence-corrected chi connectivity index (χ1v) is 6.98. The normalized spacial score (nSPS) is 12.1. The molecule has 3 N–H and O–H groups in total. The molecule has 0 spiro atoms. The quantitative estimate of drug-likeness (QED) is 0.581. The second kappa shape index (κ2) is 7.49. The third-order valence-corrected chi connectivity index (χ3v) is 3.19. The molecule has 10 heteroatoms. The van der Waals surface area contributed by atoms with E-state index < -0.39 is 11.2 Å². The molecule has 2 heterocycles. The molecule has 124 valence electrons. The Morgan fingerprint density at radius 1 is 1.48 bits per heavy atom. The smallest absolute Gasteiger partial charge is 0.325 e. The average molecular weight is 322 g/mol. The van der Waals surface area contributed by atoms with Gasteiger partial charge >= 0.3 is 5.69 Å². The fourth-order valence-electron chi connectivity index (χ4n) is 2.06. The van der Waals surface area contributed by atoms with Crippen molar-refractivity contribution in [3.63, 3.8) is 0 Å². The van der Waals surface area contributed by atoms with Crippen LogP contribution in [0.5, 0.6) is 0 Å². The van der Waals surface area contributed by atoms with E-state index in [1.54, 1.807) is 24.9 Å². The van der Waals surface area contributed by atoms with Crippen molar-refractivity contribution in [2.45, 2.75) is 25.9 Å². The lowest BCUT2D eigenvalue weighted by atomic mass is 10.2. The number of ether oxygens (including phenoxy) is 1. The predicted octanol–water partition coefficient (Wildman–Crippen LogP) is -1.28. The molecule has 0 unspecified atom stereocenters. The van der Waals surface area contributed by atoms with Gasteiger partial charge in [0.1, 0.15) is 6.33 Å². The lowest BCUT2D eigenvalue weighted by Crippen LogP contribution is -2.33. The highest BCUT2D eigenvalue weighted by molar-refractivity contribution is 5.78. The number of methoxy groups -OCH3 is 1. The van der Waals surface area contributed by atoms with Crippen molar-refractivity contribution >= 4 is 5.91 Å². The van der Waals surface area contributed by atoms with Crippen molar-refractivity contribution < 1.29 is 9.53 Å². The topological polar surface area (TPSA) is 135 Å². The van der Waals surface area contributed by atoms with Gasteiger partial charge in [-0.15, -0.1) is 10.2 Å². The molecule has 0 aliphatic rings. The first-order valence-electron chi connectivity index (χ1n) is 6.98. The summed E-state index contributed by atoms with van der Waals surface area (Å²) in [6.07, 6.45) is 2.64. The Bertz CT molecular complexity index is 777. The van der Waals surface area contributed by atoms with Gasteiger partial charge in [-0.05, 0) is 6.92 Å². The average Bonchev–Trinajstić information content (AvgIpc) is 2.96. The molecule has 23 heavy (non-hydrogen) atoms. The zero-order valence-corrected chi connectivity index (χ0v) is 12.8. The summed E-state index contributed by atoms with van der Waals surface area (Å²) in [4.78, 5) is 39.0. The van der Waals surface area contributed by atoms with Crippen molar-refractivity contribution in [3.05, 3.63) is 44.8 Å². The second-order valence-electron chi connectivity index (χ2n) is 4.94. The maximum absolute atomic E-state index is 12.0. The molecule has 0 aliphatic carbocycles. The molecule has 0 saturated heterocycles. The molecule has 0 bridgehead atoms. The van der Waals surface area contributed by atoms with Crippen LogP contribution in [0.2, 0.25) is 0 Å². The fraction of sp³-hybridized carbons (Fsp3) is 0.462. The number of hydrogen-bond donors (Lipinski definition) is 3. The van der Waals surface area contributed by atoms with Gasteiger partial charge in [-0.25, -0.2) is 4.79 Å². The number of aromatic nitrogens is 5. The van der Waals surface area contributed by atoms with Crippen LogP contribution in [0.4, 0.5) is 0 Å². The van der Waals surface area contributed by atoms with Gasteiger partial charge in [0, 0.05) is 25.4 Å². The first-order chi connectivity index (χ1) is 11.0. The largest absolute Gasteiger partial charge is 0.383 e. The van der Waals surface area contributed by atoms with E-state index in [1.165, 1.54) is 6.20 Å². The predicted molar refractivity (Wildman–Crippen MR) is 79.8 cm³/mol. The SMILES string of the molecule is COCCn1cnnc1[C@H](C)NC(=O)Cc1c[nH]c(=O)[nH]c1=O.